The minimum atomic E-state index is -1.13. The van der Waals surface area contributed by atoms with Gasteiger partial charge in [0, 0.05) is 19.0 Å². The summed E-state index contributed by atoms with van der Waals surface area (Å²) in [6.07, 6.45) is -1.21. The maximum atomic E-state index is 12.2. The number of rotatable bonds is 6. The Bertz CT molecular complexity index is 680. The van der Waals surface area contributed by atoms with E-state index in [2.05, 4.69) is 10.2 Å². The van der Waals surface area contributed by atoms with Crippen LogP contribution in [0.3, 0.4) is 0 Å². The molecule has 1 fully saturated rings. The normalized spacial score (nSPS) is 16.2. The molecule has 0 spiro atoms. The van der Waals surface area contributed by atoms with Crippen molar-refractivity contribution < 1.29 is 19.1 Å². The molecular weight excluding hydrogens is 310 g/mol. The Hall–Kier alpha value is -2.25. The largest absolute Gasteiger partial charge is 0.422 e. The lowest BCUT2D eigenvalue weighted by Gasteiger charge is -2.39. The zero-order valence-electron chi connectivity index (χ0n) is 13.8. The number of benzene rings is 1. The lowest BCUT2D eigenvalue weighted by atomic mass is 10.1. The summed E-state index contributed by atoms with van der Waals surface area (Å²) < 4.78 is 11.1. The summed E-state index contributed by atoms with van der Waals surface area (Å²) in [6, 6.07) is 8.90. The molecule has 0 radical (unpaired) electrons. The Morgan fingerprint density at radius 2 is 2.04 bits per heavy atom. The van der Waals surface area contributed by atoms with Crippen molar-refractivity contribution in [3.8, 4) is 0 Å². The molecule has 128 valence electrons. The molecule has 1 aliphatic rings. The molecule has 3 rings (SSSR count). The monoisotopic (exact) mass is 331 g/mol. The average Bonchev–Trinajstić information content (AvgIpc) is 3.02. The van der Waals surface area contributed by atoms with E-state index in [1.165, 1.54) is 0 Å². The van der Waals surface area contributed by atoms with Gasteiger partial charge in [0.25, 0.3) is 5.91 Å². The molecule has 0 bridgehead atoms. The summed E-state index contributed by atoms with van der Waals surface area (Å²) in [5.41, 5.74) is 0.596. The summed E-state index contributed by atoms with van der Waals surface area (Å²) in [5.74, 6) is 0.904. The minimum absolute atomic E-state index is 0.0775. The van der Waals surface area contributed by atoms with Crippen LogP contribution in [0.25, 0.3) is 0 Å². The number of aliphatic hydroxyl groups excluding tert-OH is 1. The fourth-order valence-electron chi connectivity index (χ4n) is 2.42. The lowest BCUT2D eigenvalue weighted by molar-refractivity contribution is -0.155. The van der Waals surface area contributed by atoms with Gasteiger partial charge in [-0.1, -0.05) is 44.2 Å². The van der Waals surface area contributed by atoms with Gasteiger partial charge >= 0.3 is 0 Å². The van der Waals surface area contributed by atoms with Crippen molar-refractivity contribution in [1.82, 2.24) is 15.1 Å². The summed E-state index contributed by atoms with van der Waals surface area (Å²) in [6.45, 7) is 5.09. The van der Waals surface area contributed by atoms with Gasteiger partial charge in [0.1, 0.15) is 6.61 Å². The Morgan fingerprint density at radius 3 is 2.67 bits per heavy atom. The van der Waals surface area contributed by atoms with Crippen LogP contribution >= 0.6 is 0 Å². The van der Waals surface area contributed by atoms with Crippen LogP contribution in [0.2, 0.25) is 0 Å². The fraction of sp³-hybridized carbons (Fsp3) is 0.471. The third kappa shape index (κ3) is 3.63. The van der Waals surface area contributed by atoms with E-state index in [-0.39, 0.29) is 24.5 Å². The maximum Gasteiger partial charge on any atom is 0.256 e. The molecule has 7 nitrogen and oxygen atoms in total. The highest BCUT2D eigenvalue weighted by Gasteiger charge is 2.35. The number of carbonyl (C=O) groups excluding carboxylic acids is 1. The zero-order valence-corrected chi connectivity index (χ0v) is 13.8. The van der Waals surface area contributed by atoms with Crippen molar-refractivity contribution in [3.63, 3.8) is 0 Å². The Balaban J connectivity index is 1.44. The molecule has 0 unspecified atom stereocenters. The molecule has 2 heterocycles. The minimum Gasteiger partial charge on any atom is -0.422 e. The van der Waals surface area contributed by atoms with Gasteiger partial charge in [-0.05, 0) is 5.56 Å². The van der Waals surface area contributed by atoms with Gasteiger partial charge in [-0.2, -0.15) is 0 Å². The van der Waals surface area contributed by atoms with Crippen LogP contribution in [0.15, 0.2) is 34.7 Å². The number of hydrogen-bond acceptors (Lipinski definition) is 6. The van der Waals surface area contributed by atoms with E-state index in [9.17, 15) is 9.90 Å². The zero-order chi connectivity index (χ0) is 17.1. The molecule has 1 atom stereocenters. The van der Waals surface area contributed by atoms with Crippen molar-refractivity contribution in [1.29, 1.82) is 0 Å². The second-order valence-corrected chi connectivity index (χ2v) is 6.18. The quantitative estimate of drug-likeness (QED) is 0.866. The predicted molar refractivity (Wildman–Crippen MR) is 84.9 cm³/mol. The first-order chi connectivity index (χ1) is 11.5. The first kappa shape index (κ1) is 16.6. The Labute approximate surface area is 140 Å². The first-order valence-corrected chi connectivity index (χ1v) is 8.00. The van der Waals surface area contributed by atoms with Crippen molar-refractivity contribution in [2.75, 3.05) is 13.1 Å². The third-order valence-electron chi connectivity index (χ3n) is 3.93. The Kier molecular flexibility index (Phi) is 4.92. The van der Waals surface area contributed by atoms with Crippen LogP contribution < -0.4 is 0 Å². The van der Waals surface area contributed by atoms with E-state index in [1.807, 2.05) is 19.9 Å². The van der Waals surface area contributed by atoms with E-state index in [1.54, 1.807) is 29.2 Å². The number of carbonyl (C=O) groups is 1. The highest BCUT2D eigenvalue weighted by atomic mass is 16.5. The molecular formula is C17H21N3O4. The van der Waals surface area contributed by atoms with Gasteiger partial charge in [-0.15, -0.1) is 10.2 Å². The number of aromatic nitrogens is 2. The highest BCUT2D eigenvalue weighted by molar-refractivity contribution is 5.82. The summed E-state index contributed by atoms with van der Waals surface area (Å²) in [5, 5.41) is 18.0. The molecule has 1 amide bonds. The molecule has 0 aliphatic carbocycles. The van der Waals surface area contributed by atoms with E-state index < -0.39 is 6.10 Å². The first-order valence-electron chi connectivity index (χ1n) is 8.00. The van der Waals surface area contributed by atoms with Gasteiger partial charge in [-0.25, -0.2) is 0 Å². The molecule has 1 aromatic carbocycles. The van der Waals surface area contributed by atoms with E-state index in [4.69, 9.17) is 9.15 Å². The van der Waals surface area contributed by atoms with Gasteiger partial charge in [0.15, 0.2) is 6.10 Å². The average molecular weight is 331 g/mol. The van der Waals surface area contributed by atoms with Gasteiger partial charge in [0.05, 0.1) is 6.10 Å². The highest BCUT2D eigenvalue weighted by Crippen LogP contribution is 2.21. The van der Waals surface area contributed by atoms with Crippen LogP contribution in [0.1, 0.15) is 43.2 Å². The van der Waals surface area contributed by atoms with Crippen LogP contribution in [0, 0.1) is 0 Å². The molecule has 1 N–H and O–H groups in total. The van der Waals surface area contributed by atoms with E-state index in [0.29, 0.717) is 30.4 Å². The van der Waals surface area contributed by atoms with Crippen molar-refractivity contribution in [2.24, 2.45) is 0 Å². The van der Waals surface area contributed by atoms with Crippen LogP contribution in [0.5, 0.6) is 0 Å². The number of amides is 1. The van der Waals surface area contributed by atoms with Crippen molar-refractivity contribution in [2.45, 2.75) is 38.6 Å². The molecule has 1 aromatic heterocycles. The lowest BCUT2D eigenvalue weighted by Crippen LogP contribution is -2.55. The number of ether oxygens (including phenoxy) is 1. The maximum absolute atomic E-state index is 12.2. The number of hydrogen-bond donors (Lipinski definition) is 1. The van der Waals surface area contributed by atoms with Gasteiger partial charge in [0.2, 0.25) is 11.8 Å². The molecule has 0 saturated carbocycles. The van der Waals surface area contributed by atoms with Crippen LogP contribution in [-0.2, 0) is 16.1 Å². The van der Waals surface area contributed by atoms with Crippen molar-refractivity contribution in [3.05, 3.63) is 47.7 Å². The molecule has 1 aliphatic heterocycles. The van der Waals surface area contributed by atoms with E-state index >= 15 is 0 Å². The standard InChI is InChI=1S/C17H21N3O4/c1-11(2)16-19-18-14(24-16)10-23-13-8-20(9-13)17(22)15(21)12-6-4-3-5-7-12/h3-7,11,13,15,21H,8-10H2,1-2H3/t15-/m0/s1. The molecule has 24 heavy (non-hydrogen) atoms. The second kappa shape index (κ2) is 7.11. The van der Waals surface area contributed by atoms with Crippen LogP contribution in [0.4, 0.5) is 0 Å². The van der Waals surface area contributed by atoms with Gasteiger partial charge in [-0.3, -0.25) is 4.79 Å². The number of nitrogens with zero attached hydrogens (tertiary/aromatic N) is 3. The molecule has 1 saturated heterocycles. The Morgan fingerprint density at radius 1 is 1.33 bits per heavy atom. The fourth-order valence-corrected chi connectivity index (χ4v) is 2.42. The van der Waals surface area contributed by atoms with Crippen molar-refractivity contribution >= 4 is 5.91 Å². The predicted octanol–water partition coefficient (Wildman–Crippen LogP) is 1.65. The summed E-state index contributed by atoms with van der Waals surface area (Å²) >= 11 is 0. The third-order valence-corrected chi connectivity index (χ3v) is 3.93. The topological polar surface area (TPSA) is 88.7 Å². The van der Waals surface area contributed by atoms with Crippen LogP contribution in [-0.4, -0.2) is 45.3 Å². The summed E-state index contributed by atoms with van der Waals surface area (Å²) in [4.78, 5) is 13.8. The molecule has 2 aromatic rings. The number of aliphatic hydroxyl groups is 1. The second-order valence-electron chi connectivity index (χ2n) is 6.18. The smallest absolute Gasteiger partial charge is 0.256 e. The van der Waals surface area contributed by atoms with E-state index in [0.717, 1.165) is 0 Å². The molecule has 7 heteroatoms. The number of likely N-dealkylation sites (tertiary alicyclic amines) is 1. The van der Waals surface area contributed by atoms with Gasteiger partial charge < -0.3 is 19.2 Å². The summed E-state index contributed by atoms with van der Waals surface area (Å²) in [7, 11) is 0. The SMILES string of the molecule is CC(C)c1nnc(COC2CN(C(=O)[C@@H](O)c3ccccc3)C2)o1.